The zero-order chi connectivity index (χ0) is 18.8. The van der Waals surface area contributed by atoms with Gasteiger partial charge in [0.1, 0.15) is 5.75 Å². The third kappa shape index (κ3) is 4.13. The smallest absolute Gasteiger partial charge is 0.227 e. The summed E-state index contributed by atoms with van der Waals surface area (Å²) in [7, 11) is 1.61. The van der Waals surface area contributed by atoms with Crippen LogP contribution in [-0.4, -0.2) is 25.5 Å². The standard InChI is InChI=1S/C21H23N3O3.ClH/c1-27-19-6-4-18(5-7-19)24-13-17(9-20(24)25)21(26)23-10-14-2-3-15-11-22-12-16(15)8-14;/h2-8,17,22H,9-13H2,1H3,(H,23,26);1H. The minimum atomic E-state index is -0.323. The Hall–Kier alpha value is -2.57. The maximum absolute atomic E-state index is 12.6. The average Bonchev–Trinajstić information content (AvgIpc) is 3.32. The van der Waals surface area contributed by atoms with Crippen LogP contribution in [0.2, 0.25) is 0 Å². The van der Waals surface area contributed by atoms with Crippen LogP contribution in [0.15, 0.2) is 42.5 Å². The van der Waals surface area contributed by atoms with Crippen LogP contribution in [0.3, 0.4) is 0 Å². The number of rotatable bonds is 5. The van der Waals surface area contributed by atoms with Crippen molar-refractivity contribution in [2.75, 3.05) is 18.6 Å². The van der Waals surface area contributed by atoms with Crippen LogP contribution in [0.4, 0.5) is 5.69 Å². The summed E-state index contributed by atoms with van der Waals surface area (Å²) < 4.78 is 5.15. The van der Waals surface area contributed by atoms with Gasteiger partial charge >= 0.3 is 0 Å². The molecule has 0 saturated carbocycles. The number of ether oxygens (including phenoxy) is 1. The third-order valence-corrected chi connectivity index (χ3v) is 5.25. The van der Waals surface area contributed by atoms with Crippen molar-refractivity contribution >= 4 is 29.9 Å². The highest BCUT2D eigenvalue weighted by atomic mass is 35.5. The highest BCUT2D eigenvalue weighted by molar-refractivity contribution is 6.00. The number of fused-ring (bicyclic) bond motifs is 1. The summed E-state index contributed by atoms with van der Waals surface area (Å²) in [5.74, 6) is 0.321. The molecule has 148 valence electrons. The lowest BCUT2D eigenvalue weighted by Crippen LogP contribution is -2.32. The summed E-state index contributed by atoms with van der Waals surface area (Å²) in [6.45, 7) is 2.68. The van der Waals surface area contributed by atoms with Gasteiger partial charge in [0.05, 0.1) is 13.0 Å². The van der Waals surface area contributed by atoms with E-state index in [4.69, 9.17) is 4.74 Å². The van der Waals surface area contributed by atoms with E-state index in [9.17, 15) is 9.59 Å². The molecular formula is C21H24ClN3O3. The van der Waals surface area contributed by atoms with Crippen LogP contribution in [0.1, 0.15) is 23.1 Å². The van der Waals surface area contributed by atoms with E-state index in [2.05, 4.69) is 28.8 Å². The van der Waals surface area contributed by atoms with E-state index in [1.807, 2.05) is 24.3 Å². The van der Waals surface area contributed by atoms with Crippen molar-refractivity contribution in [3.63, 3.8) is 0 Å². The van der Waals surface area contributed by atoms with Crippen molar-refractivity contribution in [3.05, 3.63) is 59.2 Å². The summed E-state index contributed by atoms with van der Waals surface area (Å²) in [6.07, 6.45) is 0.242. The van der Waals surface area contributed by atoms with Gasteiger partial charge in [-0.3, -0.25) is 9.59 Å². The first-order valence-electron chi connectivity index (χ1n) is 9.17. The lowest BCUT2D eigenvalue weighted by Gasteiger charge is -2.17. The van der Waals surface area contributed by atoms with Crippen molar-refractivity contribution in [1.82, 2.24) is 10.6 Å². The first-order valence-corrected chi connectivity index (χ1v) is 9.17. The maximum atomic E-state index is 12.6. The number of halogens is 1. The van der Waals surface area contributed by atoms with Crippen molar-refractivity contribution in [2.24, 2.45) is 5.92 Å². The lowest BCUT2D eigenvalue weighted by atomic mass is 10.1. The monoisotopic (exact) mass is 401 g/mol. The predicted molar refractivity (Wildman–Crippen MR) is 110 cm³/mol. The van der Waals surface area contributed by atoms with E-state index in [-0.39, 0.29) is 36.6 Å². The van der Waals surface area contributed by atoms with Gasteiger partial charge in [0.15, 0.2) is 0 Å². The third-order valence-electron chi connectivity index (χ3n) is 5.25. The molecule has 2 aliphatic rings. The Morgan fingerprint density at radius 2 is 1.93 bits per heavy atom. The predicted octanol–water partition coefficient (Wildman–Crippen LogP) is 2.39. The normalized spacial score (nSPS) is 17.8. The van der Waals surface area contributed by atoms with E-state index < -0.39 is 0 Å². The zero-order valence-electron chi connectivity index (χ0n) is 15.7. The molecule has 0 bridgehead atoms. The Bertz CT molecular complexity index is 870. The number of hydrogen-bond acceptors (Lipinski definition) is 4. The molecule has 2 aromatic rings. The number of nitrogens with zero attached hydrogens (tertiary/aromatic N) is 1. The minimum absolute atomic E-state index is 0. The van der Waals surface area contributed by atoms with Crippen LogP contribution in [-0.2, 0) is 29.2 Å². The number of anilines is 1. The molecule has 0 radical (unpaired) electrons. The summed E-state index contributed by atoms with van der Waals surface area (Å²) in [4.78, 5) is 26.6. The number of amides is 2. The van der Waals surface area contributed by atoms with Crippen LogP contribution in [0, 0.1) is 5.92 Å². The van der Waals surface area contributed by atoms with E-state index in [0.717, 1.165) is 30.1 Å². The molecule has 28 heavy (non-hydrogen) atoms. The van der Waals surface area contributed by atoms with Crippen molar-refractivity contribution in [3.8, 4) is 5.75 Å². The molecule has 0 spiro atoms. The van der Waals surface area contributed by atoms with Gasteiger partial charge in [-0.1, -0.05) is 18.2 Å². The Balaban J connectivity index is 0.00000225. The first kappa shape index (κ1) is 20.2. The van der Waals surface area contributed by atoms with E-state index in [1.54, 1.807) is 12.0 Å². The number of hydrogen-bond donors (Lipinski definition) is 2. The summed E-state index contributed by atoms with van der Waals surface area (Å²) in [5.41, 5.74) is 4.49. The molecule has 1 fully saturated rings. The Morgan fingerprint density at radius 3 is 2.68 bits per heavy atom. The second-order valence-corrected chi connectivity index (χ2v) is 7.03. The topological polar surface area (TPSA) is 70.7 Å². The van der Waals surface area contributed by atoms with Crippen LogP contribution < -0.4 is 20.3 Å². The molecule has 2 amide bonds. The Morgan fingerprint density at radius 1 is 1.18 bits per heavy atom. The van der Waals surface area contributed by atoms with Gasteiger partial charge in [0.25, 0.3) is 0 Å². The van der Waals surface area contributed by atoms with Gasteiger partial charge in [0.2, 0.25) is 11.8 Å². The minimum Gasteiger partial charge on any atom is -0.497 e. The van der Waals surface area contributed by atoms with Crippen LogP contribution in [0.5, 0.6) is 5.75 Å². The Kier molecular flexibility index (Phi) is 6.21. The Labute approximate surface area is 170 Å². The van der Waals surface area contributed by atoms with Gasteiger partial charge in [-0.15, -0.1) is 12.4 Å². The maximum Gasteiger partial charge on any atom is 0.227 e. The molecule has 0 aliphatic carbocycles. The molecule has 2 aliphatic heterocycles. The molecule has 7 heteroatoms. The molecule has 1 atom stereocenters. The molecule has 1 unspecified atom stereocenters. The number of carbonyl (C=O) groups excluding carboxylic acids is 2. The van der Waals surface area contributed by atoms with E-state index in [1.165, 1.54) is 11.1 Å². The summed E-state index contributed by atoms with van der Waals surface area (Å²) >= 11 is 0. The lowest BCUT2D eigenvalue weighted by molar-refractivity contribution is -0.126. The average molecular weight is 402 g/mol. The SMILES string of the molecule is COc1ccc(N2CC(C(=O)NCc3ccc4c(c3)CNC4)CC2=O)cc1.Cl. The fraction of sp³-hybridized carbons (Fsp3) is 0.333. The summed E-state index contributed by atoms with van der Waals surface area (Å²) in [6, 6.07) is 13.6. The van der Waals surface area contributed by atoms with Crippen molar-refractivity contribution in [2.45, 2.75) is 26.1 Å². The molecule has 4 rings (SSSR count). The molecule has 6 nitrogen and oxygen atoms in total. The molecule has 2 heterocycles. The second kappa shape index (κ2) is 8.63. The van der Waals surface area contributed by atoms with Crippen LogP contribution >= 0.6 is 12.4 Å². The van der Waals surface area contributed by atoms with Gasteiger partial charge in [-0.05, 0) is 41.0 Å². The molecular weight excluding hydrogens is 378 g/mol. The largest absolute Gasteiger partial charge is 0.497 e. The highest BCUT2D eigenvalue weighted by Crippen LogP contribution is 2.27. The zero-order valence-corrected chi connectivity index (χ0v) is 16.6. The molecule has 0 aromatic heterocycles. The first-order chi connectivity index (χ1) is 13.1. The van der Waals surface area contributed by atoms with E-state index in [0.29, 0.717) is 13.1 Å². The fourth-order valence-corrected chi connectivity index (χ4v) is 3.69. The molecule has 1 saturated heterocycles. The number of benzene rings is 2. The highest BCUT2D eigenvalue weighted by Gasteiger charge is 2.35. The number of methoxy groups -OCH3 is 1. The van der Waals surface area contributed by atoms with Crippen LogP contribution in [0.25, 0.3) is 0 Å². The quantitative estimate of drug-likeness (QED) is 0.807. The number of carbonyl (C=O) groups is 2. The van der Waals surface area contributed by atoms with Gasteiger partial charge < -0.3 is 20.3 Å². The second-order valence-electron chi connectivity index (χ2n) is 7.03. The molecule has 2 N–H and O–H groups in total. The van der Waals surface area contributed by atoms with Gasteiger partial charge in [0, 0.05) is 38.3 Å². The van der Waals surface area contributed by atoms with E-state index >= 15 is 0 Å². The van der Waals surface area contributed by atoms with Crippen molar-refractivity contribution in [1.29, 1.82) is 0 Å². The summed E-state index contributed by atoms with van der Waals surface area (Å²) in [5, 5.41) is 6.30. The fourth-order valence-electron chi connectivity index (χ4n) is 3.69. The molecule has 2 aromatic carbocycles. The number of nitrogens with one attached hydrogen (secondary N) is 2. The van der Waals surface area contributed by atoms with Crippen molar-refractivity contribution < 1.29 is 14.3 Å². The van der Waals surface area contributed by atoms with Gasteiger partial charge in [-0.2, -0.15) is 0 Å². The van der Waals surface area contributed by atoms with Gasteiger partial charge in [-0.25, -0.2) is 0 Å².